The van der Waals surface area contributed by atoms with Crippen LogP contribution in [0.3, 0.4) is 0 Å². The molecule has 0 N–H and O–H groups in total. The smallest absolute Gasteiger partial charge is 0.180 e. The molecule has 0 saturated carbocycles. The summed E-state index contributed by atoms with van der Waals surface area (Å²) in [6.45, 7) is 4.75. The summed E-state index contributed by atoms with van der Waals surface area (Å²) in [4.78, 5) is 10.2. The van der Waals surface area contributed by atoms with Crippen LogP contribution < -0.4 is 0 Å². The van der Waals surface area contributed by atoms with Crippen molar-refractivity contribution in [3.8, 4) is 67.2 Å². The lowest BCUT2D eigenvalue weighted by atomic mass is 9.80. The largest absolute Gasteiger partial charge is 0.452 e. The van der Waals surface area contributed by atoms with Crippen LogP contribution in [0.15, 0.2) is 186 Å². The van der Waals surface area contributed by atoms with E-state index in [1.807, 2.05) is 36.4 Å². The zero-order valence-electron chi connectivity index (χ0n) is 31.1. The van der Waals surface area contributed by atoms with Crippen LogP contribution in [0.2, 0.25) is 0 Å². The minimum atomic E-state index is -0.150. The molecule has 0 unspecified atom stereocenters. The maximum atomic E-state index is 6.34. The molecular weight excluding hydrogens is 681 g/mol. The van der Waals surface area contributed by atoms with E-state index in [-0.39, 0.29) is 5.41 Å². The number of furan rings is 1. The molecule has 56 heavy (non-hydrogen) atoms. The SMILES string of the molecule is CC1(C)c2cc(-c3ccc(-c4cccc(-c5nc(-c6ccccc6)c6oc7ccccc7c6n5)c4)cc3)ccc2-c2c1cc1ccccc1c2-c1ccccc1. The topological polar surface area (TPSA) is 38.9 Å². The predicted octanol–water partition coefficient (Wildman–Crippen LogP) is 14.2. The Bertz CT molecular complexity index is 3140. The minimum Gasteiger partial charge on any atom is -0.452 e. The van der Waals surface area contributed by atoms with Gasteiger partial charge in [-0.25, -0.2) is 9.97 Å². The summed E-state index contributed by atoms with van der Waals surface area (Å²) in [5, 5.41) is 3.56. The first-order chi connectivity index (χ1) is 27.5. The molecule has 1 aliphatic carbocycles. The summed E-state index contributed by atoms with van der Waals surface area (Å²) in [6, 6.07) is 64.9. The summed E-state index contributed by atoms with van der Waals surface area (Å²) >= 11 is 0. The van der Waals surface area contributed by atoms with Gasteiger partial charge in [-0.05, 0) is 96.7 Å². The molecule has 0 atom stereocenters. The standard InChI is InChI=1S/C53H36N2O/c1-53(2)44-31-38(28-29-42(44)48-45(53)32-39-18-9-10-21-41(39)47(48)35-14-5-3-6-15-35)34-26-24-33(25-27-34)37-19-13-20-40(30-37)52-54-49(36-16-7-4-8-17-36)51-50(55-52)43-22-11-12-23-46(43)56-51/h3-32H,1-2H3. The number of aromatic nitrogens is 2. The lowest BCUT2D eigenvalue weighted by molar-refractivity contribution is 0.661. The quantitative estimate of drug-likeness (QED) is 0.178. The molecule has 11 rings (SSSR count). The van der Waals surface area contributed by atoms with Crippen LogP contribution in [0.25, 0.3) is 100.0 Å². The van der Waals surface area contributed by atoms with Crippen molar-refractivity contribution in [3.63, 3.8) is 0 Å². The van der Waals surface area contributed by atoms with Crippen LogP contribution in [0.4, 0.5) is 0 Å². The van der Waals surface area contributed by atoms with Crippen molar-refractivity contribution >= 4 is 32.8 Å². The Hall–Kier alpha value is -7.10. The molecule has 0 radical (unpaired) electrons. The molecule has 10 aromatic rings. The summed E-state index contributed by atoms with van der Waals surface area (Å²) in [6.07, 6.45) is 0. The van der Waals surface area contributed by atoms with Gasteiger partial charge in [-0.3, -0.25) is 0 Å². The number of rotatable bonds is 5. The molecule has 0 aliphatic heterocycles. The normalized spacial score (nSPS) is 13.0. The molecule has 2 heterocycles. The fraction of sp³-hybridized carbons (Fsp3) is 0.0566. The number of hydrogen-bond acceptors (Lipinski definition) is 3. The second kappa shape index (κ2) is 12.5. The van der Waals surface area contributed by atoms with E-state index >= 15 is 0 Å². The highest BCUT2D eigenvalue weighted by Crippen LogP contribution is 2.55. The van der Waals surface area contributed by atoms with E-state index in [1.165, 1.54) is 55.3 Å². The lowest BCUT2D eigenvalue weighted by Gasteiger charge is -2.23. The van der Waals surface area contributed by atoms with E-state index in [1.54, 1.807) is 0 Å². The van der Waals surface area contributed by atoms with Crippen LogP contribution >= 0.6 is 0 Å². The van der Waals surface area contributed by atoms with Gasteiger partial charge in [0.15, 0.2) is 11.4 Å². The number of hydrogen-bond donors (Lipinski definition) is 0. The van der Waals surface area contributed by atoms with Crippen LogP contribution in [0.5, 0.6) is 0 Å². The third-order valence-electron chi connectivity index (χ3n) is 11.7. The molecule has 0 spiro atoms. The first-order valence-electron chi connectivity index (χ1n) is 19.2. The molecule has 0 saturated heterocycles. The highest BCUT2D eigenvalue weighted by Gasteiger charge is 2.38. The Morgan fingerprint density at radius 1 is 0.429 bits per heavy atom. The number of para-hydroxylation sites is 1. The van der Waals surface area contributed by atoms with Crippen molar-refractivity contribution in [2.45, 2.75) is 19.3 Å². The molecule has 3 nitrogen and oxygen atoms in total. The van der Waals surface area contributed by atoms with Crippen molar-refractivity contribution in [1.82, 2.24) is 9.97 Å². The van der Waals surface area contributed by atoms with Crippen LogP contribution in [-0.4, -0.2) is 9.97 Å². The first kappa shape index (κ1) is 32.3. The average Bonchev–Trinajstić information content (AvgIpc) is 3.74. The Labute approximate surface area is 325 Å². The van der Waals surface area contributed by atoms with Gasteiger partial charge in [-0.2, -0.15) is 0 Å². The number of benzene rings is 8. The van der Waals surface area contributed by atoms with Crippen molar-refractivity contribution in [2.24, 2.45) is 0 Å². The third kappa shape index (κ3) is 5.05. The molecule has 3 heteroatoms. The van der Waals surface area contributed by atoms with Gasteiger partial charge in [0.2, 0.25) is 0 Å². The molecule has 0 bridgehead atoms. The van der Waals surface area contributed by atoms with Crippen LogP contribution in [-0.2, 0) is 5.41 Å². The zero-order chi connectivity index (χ0) is 37.4. The van der Waals surface area contributed by atoms with Gasteiger partial charge < -0.3 is 4.42 Å². The molecular formula is C53H36N2O. The van der Waals surface area contributed by atoms with Crippen LogP contribution in [0.1, 0.15) is 25.0 Å². The number of fused-ring (bicyclic) bond motifs is 7. The fourth-order valence-corrected chi connectivity index (χ4v) is 8.83. The van der Waals surface area contributed by atoms with Crippen molar-refractivity contribution in [2.75, 3.05) is 0 Å². The van der Waals surface area contributed by atoms with Crippen molar-refractivity contribution in [3.05, 3.63) is 193 Å². The van der Waals surface area contributed by atoms with E-state index in [9.17, 15) is 0 Å². The predicted molar refractivity (Wildman–Crippen MR) is 232 cm³/mol. The monoisotopic (exact) mass is 716 g/mol. The summed E-state index contributed by atoms with van der Waals surface area (Å²) < 4.78 is 6.34. The lowest BCUT2D eigenvalue weighted by Crippen LogP contribution is -2.15. The van der Waals surface area contributed by atoms with Crippen molar-refractivity contribution in [1.29, 1.82) is 0 Å². The van der Waals surface area contributed by atoms with Gasteiger partial charge in [-0.1, -0.05) is 166 Å². The Kier molecular flexibility index (Phi) is 7.20. The summed E-state index contributed by atoms with van der Waals surface area (Å²) in [7, 11) is 0. The minimum absolute atomic E-state index is 0.150. The molecule has 0 fully saturated rings. The van der Waals surface area contributed by atoms with Gasteiger partial charge in [0.25, 0.3) is 0 Å². The van der Waals surface area contributed by atoms with Gasteiger partial charge in [-0.15, -0.1) is 0 Å². The highest BCUT2D eigenvalue weighted by molar-refractivity contribution is 6.09. The Morgan fingerprint density at radius 2 is 1.04 bits per heavy atom. The van der Waals surface area contributed by atoms with E-state index < -0.39 is 0 Å². The van der Waals surface area contributed by atoms with E-state index in [0.29, 0.717) is 11.4 Å². The molecule has 8 aromatic carbocycles. The Balaban J connectivity index is 0.967. The number of nitrogens with zero attached hydrogens (tertiary/aromatic N) is 2. The second-order valence-corrected chi connectivity index (χ2v) is 15.3. The molecule has 264 valence electrons. The van der Waals surface area contributed by atoms with E-state index in [2.05, 4.69) is 159 Å². The highest BCUT2D eigenvalue weighted by atomic mass is 16.3. The van der Waals surface area contributed by atoms with Gasteiger partial charge in [0, 0.05) is 21.9 Å². The van der Waals surface area contributed by atoms with E-state index in [0.717, 1.165) is 44.4 Å². The Morgan fingerprint density at radius 3 is 1.80 bits per heavy atom. The van der Waals surface area contributed by atoms with Gasteiger partial charge in [0.1, 0.15) is 16.8 Å². The van der Waals surface area contributed by atoms with Crippen molar-refractivity contribution < 1.29 is 4.42 Å². The second-order valence-electron chi connectivity index (χ2n) is 15.3. The first-order valence-corrected chi connectivity index (χ1v) is 19.2. The van der Waals surface area contributed by atoms with Gasteiger partial charge in [0.05, 0.1) is 0 Å². The molecule has 2 aromatic heterocycles. The van der Waals surface area contributed by atoms with Gasteiger partial charge >= 0.3 is 0 Å². The maximum Gasteiger partial charge on any atom is 0.180 e. The third-order valence-corrected chi connectivity index (χ3v) is 11.7. The average molecular weight is 717 g/mol. The summed E-state index contributed by atoms with van der Waals surface area (Å²) in [5.74, 6) is 0.673. The summed E-state index contributed by atoms with van der Waals surface area (Å²) in [5.41, 5.74) is 17.6. The zero-order valence-corrected chi connectivity index (χ0v) is 31.1. The maximum absolute atomic E-state index is 6.34. The molecule has 1 aliphatic rings. The van der Waals surface area contributed by atoms with E-state index in [4.69, 9.17) is 14.4 Å². The van der Waals surface area contributed by atoms with Crippen LogP contribution in [0, 0.1) is 0 Å². The molecule has 0 amide bonds. The fourth-order valence-electron chi connectivity index (χ4n) is 8.83.